The summed E-state index contributed by atoms with van der Waals surface area (Å²) in [6.07, 6.45) is 0. The number of hydrogen-bond donors (Lipinski definition) is 2. The van der Waals surface area contributed by atoms with Crippen molar-refractivity contribution in [2.75, 3.05) is 12.4 Å². The number of aryl methyl sites for hydroxylation is 2. The Hall–Kier alpha value is -2.13. The Morgan fingerprint density at radius 1 is 1.05 bits per heavy atom. The quantitative estimate of drug-likeness (QED) is 0.894. The van der Waals surface area contributed by atoms with Crippen molar-refractivity contribution in [1.82, 2.24) is 5.32 Å². The van der Waals surface area contributed by atoms with E-state index in [-0.39, 0.29) is 11.9 Å². The van der Waals surface area contributed by atoms with Gasteiger partial charge in [0.1, 0.15) is 0 Å². The van der Waals surface area contributed by atoms with Crippen LogP contribution in [-0.4, -0.2) is 13.0 Å². The van der Waals surface area contributed by atoms with Crippen LogP contribution in [0.3, 0.4) is 0 Å². The molecule has 1 atom stereocenters. The maximum Gasteiger partial charge on any atom is 0.255 e. The largest absolute Gasteiger partial charge is 0.322 e. The first kappa shape index (κ1) is 15.3. The molecule has 0 heterocycles. The van der Waals surface area contributed by atoms with Gasteiger partial charge in [0.2, 0.25) is 0 Å². The highest BCUT2D eigenvalue weighted by atomic mass is 16.1. The first-order valence-electron chi connectivity index (χ1n) is 7.16. The lowest BCUT2D eigenvalue weighted by molar-refractivity contribution is 0.102. The summed E-state index contributed by atoms with van der Waals surface area (Å²) in [5.74, 6) is -0.0731. The maximum atomic E-state index is 12.3. The molecular weight excluding hydrogens is 260 g/mol. The number of carbonyl (C=O) groups is 1. The van der Waals surface area contributed by atoms with E-state index in [0.29, 0.717) is 5.56 Å². The van der Waals surface area contributed by atoms with Crippen molar-refractivity contribution in [1.29, 1.82) is 0 Å². The number of anilines is 1. The van der Waals surface area contributed by atoms with Crippen LogP contribution in [0.1, 0.15) is 40.0 Å². The molecule has 110 valence electrons. The van der Waals surface area contributed by atoms with Crippen molar-refractivity contribution in [3.05, 3.63) is 64.7 Å². The zero-order chi connectivity index (χ0) is 15.4. The van der Waals surface area contributed by atoms with E-state index in [1.807, 2.05) is 57.3 Å². The lowest BCUT2D eigenvalue weighted by Crippen LogP contribution is -2.14. The summed E-state index contributed by atoms with van der Waals surface area (Å²) in [7, 11) is 1.92. The van der Waals surface area contributed by atoms with E-state index in [9.17, 15) is 4.79 Å². The number of rotatable bonds is 4. The monoisotopic (exact) mass is 282 g/mol. The third-order valence-corrected chi connectivity index (χ3v) is 3.56. The molecule has 0 aliphatic rings. The van der Waals surface area contributed by atoms with Gasteiger partial charge in [0.15, 0.2) is 0 Å². The minimum atomic E-state index is -0.0731. The van der Waals surface area contributed by atoms with Gasteiger partial charge in [0, 0.05) is 17.3 Å². The summed E-state index contributed by atoms with van der Waals surface area (Å²) in [5.41, 5.74) is 4.85. The van der Waals surface area contributed by atoms with Gasteiger partial charge in [-0.1, -0.05) is 29.3 Å². The first-order chi connectivity index (χ1) is 9.99. The van der Waals surface area contributed by atoms with Gasteiger partial charge >= 0.3 is 0 Å². The molecular formula is C18H22N2O. The van der Waals surface area contributed by atoms with E-state index in [4.69, 9.17) is 0 Å². The van der Waals surface area contributed by atoms with E-state index in [0.717, 1.165) is 22.4 Å². The summed E-state index contributed by atoms with van der Waals surface area (Å²) in [5, 5.41) is 6.16. The van der Waals surface area contributed by atoms with E-state index in [1.165, 1.54) is 0 Å². The summed E-state index contributed by atoms with van der Waals surface area (Å²) in [6.45, 7) is 6.09. The molecule has 0 aliphatic heterocycles. The number of carbonyl (C=O) groups excluding carboxylic acids is 1. The van der Waals surface area contributed by atoms with Crippen LogP contribution in [-0.2, 0) is 0 Å². The molecule has 1 amide bonds. The highest BCUT2D eigenvalue weighted by Gasteiger charge is 2.09. The lowest BCUT2D eigenvalue weighted by atomic mass is 10.1. The highest BCUT2D eigenvalue weighted by Crippen LogP contribution is 2.18. The maximum absolute atomic E-state index is 12.3. The van der Waals surface area contributed by atoms with Crippen LogP contribution in [0.15, 0.2) is 42.5 Å². The average Bonchev–Trinajstić information content (AvgIpc) is 2.45. The van der Waals surface area contributed by atoms with Gasteiger partial charge < -0.3 is 10.6 Å². The molecule has 0 fully saturated rings. The summed E-state index contributed by atoms with van der Waals surface area (Å²) >= 11 is 0. The molecule has 0 aliphatic carbocycles. The predicted octanol–water partition coefficient (Wildman–Crippen LogP) is 3.84. The molecule has 0 bridgehead atoms. The van der Waals surface area contributed by atoms with Crippen molar-refractivity contribution < 1.29 is 4.79 Å². The molecule has 0 saturated carbocycles. The third kappa shape index (κ3) is 3.92. The second-order valence-corrected chi connectivity index (χ2v) is 5.47. The summed E-state index contributed by atoms with van der Waals surface area (Å²) < 4.78 is 0. The van der Waals surface area contributed by atoms with E-state index in [2.05, 4.69) is 23.6 Å². The summed E-state index contributed by atoms with van der Waals surface area (Å²) in [4.78, 5) is 12.3. The Labute approximate surface area is 126 Å². The molecule has 2 aromatic rings. The molecule has 3 heteroatoms. The van der Waals surface area contributed by atoms with Crippen LogP contribution in [0, 0.1) is 13.8 Å². The SMILES string of the molecule is CNC(C)c1cccc(NC(=O)c2cc(C)cc(C)c2)c1. The number of nitrogens with one attached hydrogen (secondary N) is 2. The topological polar surface area (TPSA) is 41.1 Å². The van der Waals surface area contributed by atoms with E-state index < -0.39 is 0 Å². The van der Waals surface area contributed by atoms with Crippen LogP contribution in [0.4, 0.5) is 5.69 Å². The molecule has 0 radical (unpaired) electrons. The van der Waals surface area contributed by atoms with Gasteiger partial charge in [-0.2, -0.15) is 0 Å². The Bertz CT molecular complexity index is 629. The molecule has 0 aromatic heterocycles. The Kier molecular flexibility index (Phi) is 4.76. The lowest BCUT2D eigenvalue weighted by Gasteiger charge is -2.13. The molecule has 21 heavy (non-hydrogen) atoms. The van der Waals surface area contributed by atoms with Crippen molar-refractivity contribution in [2.24, 2.45) is 0 Å². The van der Waals surface area contributed by atoms with E-state index >= 15 is 0 Å². The normalized spacial score (nSPS) is 12.0. The fourth-order valence-electron chi connectivity index (χ4n) is 2.36. The fourth-order valence-corrected chi connectivity index (χ4v) is 2.36. The van der Waals surface area contributed by atoms with Crippen molar-refractivity contribution in [3.8, 4) is 0 Å². The van der Waals surface area contributed by atoms with Gasteiger partial charge in [-0.15, -0.1) is 0 Å². The Balaban J connectivity index is 2.19. The van der Waals surface area contributed by atoms with Crippen LogP contribution >= 0.6 is 0 Å². The average molecular weight is 282 g/mol. The Morgan fingerprint density at radius 2 is 1.71 bits per heavy atom. The minimum absolute atomic E-state index is 0.0731. The molecule has 0 saturated heterocycles. The van der Waals surface area contributed by atoms with Crippen LogP contribution in [0.25, 0.3) is 0 Å². The van der Waals surface area contributed by atoms with Crippen molar-refractivity contribution >= 4 is 11.6 Å². The zero-order valence-electron chi connectivity index (χ0n) is 13.0. The van der Waals surface area contributed by atoms with Crippen LogP contribution < -0.4 is 10.6 Å². The molecule has 2 aromatic carbocycles. The molecule has 1 unspecified atom stereocenters. The van der Waals surface area contributed by atoms with Gasteiger partial charge in [-0.05, 0) is 57.6 Å². The zero-order valence-corrected chi connectivity index (χ0v) is 13.0. The second-order valence-electron chi connectivity index (χ2n) is 5.47. The van der Waals surface area contributed by atoms with Crippen molar-refractivity contribution in [2.45, 2.75) is 26.8 Å². The minimum Gasteiger partial charge on any atom is -0.322 e. The fraction of sp³-hybridized carbons (Fsp3) is 0.278. The van der Waals surface area contributed by atoms with Gasteiger partial charge in [-0.25, -0.2) is 0 Å². The van der Waals surface area contributed by atoms with Gasteiger partial charge in [0.05, 0.1) is 0 Å². The molecule has 3 nitrogen and oxygen atoms in total. The van der Waals surface area contributed by atoms with Crippen LogP contribution in [0.5, 0.6) is 0 Å². The standard InChI is InChI=1S/C18H22N2O/c1-12-8-13(2)10-16(9-12)18(21)20-17-7-5-6-15(11-17)14(3)19-4/h5-11,14,19H,1-4H3,(H,20,21). The van der Waals surface area contributed by atoms with Crippen molar-refractivity contribution in [3.63, 3.8) is 0 Å². The smallest absolute Gasteiger partial charge is 0.255 e. The molecule has 2 N–H and O–H groups in total. The van der Waals surface area contributed by atoms with E-state index in [1.54, 1.807) is 0 Å². The Morgan fingerprint density at radius 3 is 2.33 bits per heavy atom. The van der Waals surface area contributed by atoms with Gasteiger partial charge in [-0.3, -0.25) is 4.79 Å². The highest BCUT2D eigenvalue weighted by molar-refractivity contribution is 6.04. The number of amides is 1. The molecule has 2 rings (SSSR count). The first-order valence-corrected chi connectivity index (χ1v) is 7.16. The van der Waals surface area contributed by atoms with Crippen LogP contribution in [0.2, 0.25) is 0 Å². The number of benzene rings is 2. The second kappa shape index (κ2) is 6.55. The molecule has 0 spiro atoms. The van der Waals surface area contributed by atoms with Gasteiger partial charge in [0.25, 0.3) is 5.91 Å². The number of hydrogen-bond acceptors (Lipinski definition) is 2. The summed E-state index contributed by atoms with van der Waals surface area (Å²) in [6, 6.07) is 14.0. The predicted molar refractivity (Wildman–Crippen MR) is 87.8 cm³/mol. The third-order valence-electron chi connectivity index (χ3n) is 3.56.